The number of nitriles is 1. The van der Waals surface area contributed by atoms with Gasteiger partial charge in [0.2, 0.25) is 0 Å². The molecule has 0 aliphatic heterocycles. The monoisotopic (exact) mass is 282 g/mol. The van der Waals surface area contributed by atoms with E-state index in [0.717, 1.165) is 12.1 Å². The molecule has 0 amide bonds. The predicted molar refractivity (Wildman–Crippen MR) is 82.3 cm³/mol. The fourth-order valence-corrected chi connectivity index (χ4v) is 2.33. The van der Waals surface area contributed by atoms with Crippen LogP contribution < -0.4 is 5.32 Å². The minimum absolute atomic E-state index is 0.00730. The van der Waals surface area contributed by atoms with Gasteiger partial charge in [0.15, 0.2) is 0 Å². The lowest BCUT2D eigenvalue weighted by molar-refractivity contribution is 0.468. The normalized spacial score (nSPS) is 11.1. The quantitative estimate of drug-likeness (QED) is 0.906. The van der Waals surface area contributed by atoms with Gasteiger partial charge in [-0.15, -0.1) is 0 Å². The van der Waals surface area contributed by atoms with Crippen LogP contribution in [0.4, 0.5) is 4.39 Å². The Balaban J connectivity index is 1.98. The van der Waals surface area contributed by atoms with E-state index in [1.54, 1.807) is 6.07 Å². The van der Waals surface area contributed by atoms with Gasteiger partial charge < -0.3 is 5.32 Å². The number of hydrogen-bond donors (Lipinski definition) is 1. The number of halogens is 1. The van der Waals surface area contributed by atoms with Crippen LogP contribution in [0.3, 0.4) is 0 Å². The molecule has 2 rings (SSSR count). The van der Waals surface area contributed by atoms with Crippen molar-refractivity contribution in [3.63, 3.8) is 0 Å². The van der Waals surface area contributed by atoms with E-state index < -0.39 is 0 Å². The molecule has 0 bridgehead atoms. The summed E-state index contributed by atoms with van der Waals surface area (Å²) < 4.78 is 13.4. The summed E-state index contributed by atoms with van der Waals surface area (Å²) >= 11 is 0. The lowest BCUT2D eigenvalue weighted by Crippen LogP contribution is -2.32. The minimum atomic E-state index is -0.367. The van der Waals surface area contributed by atoms with Crippen molar-refractivity contribution in [1.29, 1.82) is 5.26 Å². The van der Waals surface area contributed by atoms with E-state index in [1.807, 2.05) is 24.3 Å². The van der Waals surface area contributed by atoms with Gasteiger partial charge >= 0.3 is 0 Å². The summed E-state index contributed by atoms with van der Waals surface area (Å²) in [6.07, 6.45) is 0. The van der Waals surface area contributed by atoms with Crippen molar-refractivity contribution in [2.75, 3.05) is 6.54 Å². The molecule has 0 radical (unpaired) electrons. The molecule has 0 unspecified atom stereocenters. The van der Waals surface area contributed by atoms with Gasteiger partial charge in [-0.2, -0.15) is 5.26 Å². The molecule has 2 aromatic rings. The van der Waals surface area contributed by atoms with Crippen LogP contribution in [0.1, 0.15) is 30.5 Å². The Kier molecular flexibility index (Phi) is 4.72. The molecular weight excluding hydrogens is 263 g/mol. The zero-order valence-electron chi connectivity index (χ0n) is 12.4. The van der Waals surface area contributed by atoms with Crippen molar-refractivity contribution in [3.05, 3.63) is 71.0 Å². The first kappa shape index (κ1) is 15.2. The van der Waals surface area contributed by atoms with Crippen LogP contribution >= 0.6 is 0 Å². The second-order valence-electron chi connectivity index (χ2n) is 5.81. The maximum Gasteiger partial charge on any atom is 0.124 e. The zero-order valence-corrected chi connectivity index (χ0v) is 12.4. The fraction of sp³-hybridized carbons (Fsp3) is 0.278. The van der Waals surface area contributed by atoms with E-state index in [2.05, 4.69) is 31.3 Å². The van der Waals surface area contributed by atoms with Gasteiger partial charge in [0.1, 0.15) is 5.82 Å². The van der Waals surface area contributed by atoms with Gasteiger partial charge in [0.25, 0.3) is 0 Å². The van der Waals surface area contributed by atoms with E-state index in [9.17, 15) is 4.39 Å². The van der Waals surface area contributed by atoms with Gasteiger partial charge in [-0.1, -0.05) is 44.2 Å². The molecule has 0 fully saturated rings. The lowest BCUT2D eigenvalue weighted by atomic mass is 9.84. The summed E-state index contributed by atoms with van der Waals surface area (Å²) in [5.41, 5.74) is 2.39. The number of nitrogens with one attached hydrogen (secondary N) is 1. The third-order valence-electron chi connectivity index (χ3n) is 3.54. The van der Waals surface area contributed by atoms with Gasteiger partial charge in [-0.25, -0.2) is 4.39 Å². The molecule has 108 valence electrons. The van der Waals surface area contributed by atoms with Crippen LogP contribution in [-0.4, -0.2) is 6.54 Å². The van der Waals surface area contributed by atoms with Gasteiger partial charge in [-0.3, -0.25) is 0 Å². The van der Waals surface area contributed by atoms with Crippen molar-refractivity contribution in [2.24, 2.45) is 0 Å². The average Bonchev–Trinajstić information content (AvgIpc) is 2.47. The molecule has 0 spiro atoms. The highest BCUT2D eigenvalue weighted by Crippen LogP contribution is 2.21. The first-order valence-corrected chi connectivity index (χ1v) is 6.97. The summed E-state index contributed by atoms with van der Waals surface area (Å²) in [5.74, 6) is -0.367. The van der Waals surface area contributed by atoms with E-state index in [4.69, 9.17) is 5.26 Å². The highest BCUT2D eigenvalue weighted by molar-refractivity contribution is 5.33. The number of rotatable bonds is 5. The van der Waals surface area contributed by atoms with Crippen LogP contribution in [-0.2, 0) is 12.0 Å². The predicted octanol–water partition coefficient (Wildman–Crippen LogP) is 3.76. The van der Waals surface area contributed by atoms with Gasteiger partial charge in [-0.05, 0) is 29.3 Å². The van der Waals surface area contributed by atoms with Crippen LogP contribution in [0.15, 0.2) is 48.5 Å². The zero-order chi connectivity index (χ0) is 15.3. The van der Waals surface area contributed by atoms with Crippen molar-refractivity contribution in [2.45, 2.75) is 25.8 Å². The topological polar surface area (TPSA) is 35.8 Å². The van der Waals surface area contributed by atoms with Gasteiger partial charge in [0.05, 0.1) is 11.6 Å². The largest absolute Gasteiger partial charge is 0.312 e. The van der Waals surface area contributed by atoms with E-state index in [1.165, 1.54) is 17.7 Å². The van der Waals surface area contributed by atoms with Crippen molar-refractivity contribution >= 4 is 0 Å². The Morgan fingerprint density at radius 3 is 2.52 bits per heavy atom. The van der Waals surface area contributed by atoms with Crippen molar-refractivity contribution < 1.29 is 4.39 Å². The Bertz CT molecular complexity index is 642. The molecule has 0 aliphatic rings. The molecule has 0 saturated heterocycles. The number of benzene rings is 2. The molecular formula is C18H19FN2. The Morgan fingerprint density at radius 2 is 1.86 bits per heavy atom. The molecule has 2 aromatic carbocycles. The molecule has 0 aromatic heterocycles. The molecule has 2 nitrogen and oxygen atoms in total. The Hall–Kier alpha value is -2.18. The van der Waals surface area contributed by atoms with Crippen LogP contribution in [0.2, 0.25) is 0 Å². The van der Waals surface area contributed by atoms with Crippen LogP contribution in [0.5, 0.6) is 0 Å². The lowest BCUT2D eigenvalue weighted by Gasteiger charge is -2.25. The maximum absolute atomic E-state index is 13.4. The fourth-order valence-electron chi connectivity index (χ4n) is 2.33. The highest BCUT2D eigenvalue weighted by Gasteiger charge is 2.19. The number of hydrogen-bond acceptors (Lipinski definition) is 2. The third-order valence-corrected chi connectivity index (χ3v) is 3.54. The molecule has 3 heteroatoms. The Morgan fingerprint density at radius 1 is 1.14 bits per heavy atom. The SMILES string of the molecule is CC(C)(CNCc1cc(F)cc(C#N)c1)c1ccccc1. The van der Waals surface area contributed by atoms with E-state index in [-0.39, 0.29) is 11.2 Å². The number of nitrogens with zero attached hydrogens (tertiary/aromatic N) is 1. The van der Waals surface area contributed by atoms with Crippen LogP contribution in [0, 0.1) is 17.1 Å². The first-order valence-electron chi connectivity index (χ1n) is 6.97. The summed E-state index contributed by atoms with van der Waals surface area (Å²) in [6, 6.07) is 16.7. The molecule has 0 saturated carbocycles. The summed E-state index contributed by atoms with van der Waals surface area (Å²) in [7, 11) is 0. The molecule has 0 heterocycles. The van der Waals surface area contributed by atoms with E-state index >= 15 is 0 Å². The molecule has 21 heavy (non-hydrogen) atoms. The first-order chi connectivity index (χ1) is 10.0. The second-order valence-corrected chi connectivity index (χ2v) is 5.81. The standard InChI is InChI=1S/C18H19FN2/c1-18(2,16-6-4-3-5-7-16)13-21-12-15-8-14(11-20)9-17(19)10-15/h3-10,21H,12-13H2,1-2H3. The third kappa shape index (κ3) is 4.14. The molecule has 1 N–H and O–H groups in total. The summed E-state index contributed by atoms with van der Waals surface area (Å²) in [5, 5.41) is 12.2. The average molecular weight is 282 g/mol. The highest BCUT2D eigenvalue weighted by atomic mass is 19.1. The van der Waals surface area contributed by atoms with Crippen LogP contribution in [0.25, 0.3) is 0 Å². The minimum Gasteiger partial charge on any atom is -0.312 e. The summed E-state index contributed by atoms with van der Waals surface area (Å²) in [6.45, 7) is 5.65. The molecule has 0 atom stereocenters. The maximum atomic E-state index is 13.4. The van der Waals surface area contributed by atoms with Crippen molar-refractivity contribution in [3.8, 4) is 6.07 Å². The van der Waals surface area contributed by atoms with Crippen molar-refractivity contribution in [1.82, 2.24) is 5.32 Å². The summed E-state index contributed by atoms with van der Waals surface area (Å²) in [4.78, 5) is 0. The Labute approximate surface area is 125 Å². The smallest absolute Gasteiger partial charge is 0.124 e. The molecule has 0 aliphatic carbocycles. The van der Waals surface area contributed by atoms with E-state index in [0.29, 0.717) is 12.1 Å². The van der Waals surface area contributed by atoms with Gasteiger partial charge in [0, 0.05) is 18.5 Å². The second kappa shape index (κ2) is 6.51.